The number of rotatable bonds is 7. The van der Waals surface area contributed by atoms with Crippen molar-refractivity contribution in [2.45, 2.75) is 25.2 Å². The van der Waals surface area contributed by atoms with Crippen molar-refractivity contribution in [3.8, 4) is 0 Å². The van der Waals surface area contributed by atoms with Crippen molar-refractivity contribution < 1.29 is 17.6 Å². The lowest BCUT2D eigenvalue weighted by Gasteiger charge is -2.10. The topological polar surface area (TPSA) is 75.3 Å². The minimum Gasteiger partial charge on any atom is -0.352 e. The highest BCUT2D eigenvalue weighted by Gasteiger charge is 2.16. The Morgan fingerprint density at radius 2 is 1.81 bits per heavy atom. The van der Waals surface area contributed by atoms with Crippen LogP contribution in [-0.2, 0) is 10.0 Å². The molecule has 2 N–H and O–H groups in total. The fourth-order valence-corrected chi connectivity index (χ4v) is 3.45. The second-order valence-corrected chi connectivity index (χ2v) is 8.29. The number of carbonyl (C=O) groups excluding carboxylic acids is 1. The van der Waals surface area contributed by atoms with Gasteiger partial charge in [-0.25, -0.2) is 12.8 Å². The summed E-state index contributed by atoms with van der Waals surface area (Å²) in [6.07, 6.45) is 0.879. The minimum absolute atomic E-state index is 0.153. The van der Waals surface area contributed by atoms with E-state index in [1.807, 2.05) is 0 Å². The first-order valence-corrected chi connectivity index (χ1v) is 9.91. The number of carbonyl (C=O) groups is 1. The summed E-state index contributed by atoms with van der Waals surface area (Å²) >= 11 is 5.63. The van der Waals surface area contributed by atoms with Crippen molar-refractivity contribution in [3.05, 3.63) is 58.9 Å². The van der Waals surface area contributed by atoms with E-state index in [4.69, 9.17) is 11.6 Å². The number of hydrogen-bond donors (Lipinski definition) is 2. The van der Waals surface area contributed by atoms with E-state index < -0.39 is 15.8 Å². The van der Waals surface area contributed by atoms with Gasteiger partial charge < -0.3 is 5.32 Å². The number of nitrogens with one attached hydrogen (secondary N) is 2. The van der Waals surface area contributed by atoms with Gasteiger partial charge in [0.2, 0.25) is 0 Å². The molecule has 0 aliphatic heterocycles. The molecule has 5 nitrogen and oxygen atoms in total. The highest BCUT2D eigenvalue weighted by molar-refractivity contribution is 7.92. The van der Waals surface area contributed by atoms with Gasteiger partial charge in [0, 0.05) is 17.8 Å². The molecule has 0 saturated heterocycles. The Morgan fingerprint density at radius 3 is 2.38 bits per heavy atom. The lowest BCUT2D eigenvalue weighted by atomic mass is 10.1. The van der Waals surface area contributed by atoms with Crippen LogP contribution < -0.4 is 10.0 Å². The van der Waals surface area contributed by atoms with Gasteiger partial charge in [-0.1, -0.05) is 25.4 Å². The van der Waals surface area contributed by atoms with E-state index in [0.29, 0.717) is 18.0 Å². The summed E-state index contributed by atoms with van der Waals surface area (Å²) in [6, 6.07) is 9.18. The van der Waals surface area contributed by atoms with Crippen LogP contribution in [0.2, 0.25) is 5.02 Å². The molecule has 140 valence electrons. The number of hydrogen-bond acceptors (Lipinski definition) is 3. The van der Waals surface area contributed by atoms with Crippen LogP contribution in [0.5, 0.6) is 0 Å². The van der Waals surface area contributed by atoms with E-state index >= 15 is 0 Å². The van der Waals surface area contributed by atoms with Gasteiger partial charge in [-0.2, -0.15) is 0 Å². The molecule has 0 fully saturated rings. The van der Waals surface area contributed by atoms with Crippen molar-refractivity contribution in [2.24, 2.45) is 5.92 Å². The Balaban J connectivity index is 2.06. The molecule has 0 spiro atoms. The molecule has 8 heteroatoms. The summed E-state index contributed by atoms with van der Waals surface area (Å²) in [7, 11) is -3.91. The fraction of sp³-hybridized carbons (Fsp3) is 0.278. The van der Waals surface area contributed by atoms with Crippen LogP contribution in [-0.4, -0.2) is 20.9 Å². The predicted molar refractivity (Wildman–Crippen MR) is 100 cm³/mol. The van der Waals surface area contributed by atoms with Gasteiger partial charge in [-0.05, 0) is 54.8 Å². The average molecular weight is 399 g/mol. The van der Waals surface area contributed by atoms with Gasteiger partial charge in [0.25, 0.3) is 15.9 Å². The van der Waals surface area contributed by atoms with Gasteiger partial charge in [-0.3, -0.25) is 9.52 Å². The number of sulfonamides is 1. The first-order valence-electron chi connectivity index (χ1n) is 8.05. The van der Waals surface area contributed by atoms with Crippen LogP contribution in [0.15, 0.2) is 47.4 Å². The zero-order valence-corrected chi connectivity index (χ0v) is 16.0. The summed E-state index contributed by atoms with van der Waals surface area (Å²) < 4.78 is 40.2. The number of amides is 1. The first kappa shape index (κ1) is 20.2. The largest absolute Gasteiger partial charge is 0.352 e. The minimum atomic E-state index is -3.91. The van der Waals surface area contributed by atoms with E-state index in [1.165, 1.54) is 24.3 Å². The van der Waals surface area contributed by atoms with Crippen LogP contribution >= 0.6 is 11.6 Å². The van der Waals surface area contributed by atoms with E-state index in [-0.39, 0.29) is 21.5 Å². The van der Waals surface area contributed by atoms with E-state index in [1.54, 1.807) is 0 Å². The number of anilines is 1. The van der Waals surface area contributed by atoms with E-state index in [9.17, 15) is 17.6 Å². The van der Waals surface area contributed by atoms with Crippen molar-refractivity contribution in [2.75, 3.05) is 11.3 Å². The molecular weight excluding hydrogens is 379 g/mol. The zero-order valence-electron chi connectivity index (χ0n) is 14.4. The molecule has 0 saturated carbocycles. The van der Waals surface area contributed by atoms with Crippen LogP contribution in [0.25, 0.3) is 0 Å². The normalized spacial score (nSPS) is 11.4. The molecule has 0 aliphatic carbocycles. The lowest BCUT2D eigenvalue weighted by Crippen LogP contribution is -2.25. The van der Waals surface area contributed by atoms with Crippen molar-refractivity contribution in [1.82, 2.24) is 5.32 Å². The summed E-state index contributed by atoms with van der Waals surface area (Å²) in [5, 5.41) is 2.53. The molecule has 2 rings (SSSR count). The van der Waals surface area contributed by atoms with E-state index in [0.717, 1.165) is 24.6 Å². The Kier molecular flexibility index (Phi) is 6.61. The number of benzene rings is 2. The molecule has 0 bridgehead atoms. The third-order valence-corrected chi connectivity index (χ3v) is 5.28. The molecule has 1 amide bonds. The first-order chi connectivity index (χ1) is 12.2. The molecule has 0 atom stereocenters. The smallest absolute Gasteiger partial charge is 0.261 e. The van der Waals surface area contributed by atoms with Crippen molar-refractivity contribution >= 4 is 33.2 Å². The van der Waals surface area contributed by atoms with Crippen LogP contribution in [0, 0.1) is 11.7 Å². The average Bonchev–Trinajstić information content (AvgIpc) is 2.57. The molecule has 2 aromatic carbocycles. The summed E-state index contributed by atoms with van der Waals surface area (Å²) in [4.78, 5) is 11.9. The molecule has 2 aromatic rings. The number of halogens is 2. The van der Waals surface area contributed by atoms with Gasteiger partial charge in [0.05, 0.1) is 9.92 Å². The monoisotopic (exact) mass is 398 g/mol. The molecular formula is C18H20ClFN2O3S. The second kappa shape index (κ2) is 8.51. The third-order valence-electron chi connectivity index (χ3n) is 3.61. The Hall–Kier alpha value is -2.12. The summed E-state index contributed by atoms with van der Waals surface area (Å²) in [6.45, 7) is 4.72. The third kappa shape index (κ3) is 5.44. The maximum atomic E-state index is 13.2. The Morgan fingerprint density at radius 1 is 1.15 bits per heavy atom. The summed E-state index contributed by atoms with van der Waals surface area (Å²) in [5.41, 5.74) is 0.714. The standard InChI is InChI=1S/C18H20ClFN2O3S/c1-12(2)9-10-21-18(23)13-3-5-14(6-4-13)22-26(24,25)15-7-8-17(20)16(19)11-15/h3-8,11-12,22H,9-10H2,1-2H3,(H,21,23). The fourth-order valence-electron chi connectivity index (χ4n) is 2.12. The van der Waals surface area contributed by atoms with Gasteiger partial charge >= 0.3 is 0 Å². The molecule has 0 heterocycles. The predicted octanol–water partition coefficient (Wildman–Crippen LogP) is 4.06. The highest BCUT2D eigenvalue weighted by atomic mass is 35.5. The Bertz CT molecular complexity index is 884. The molecule has 0 unspecified atom stereocenters. The van der Waals surface area contributed by atoms with Crippen LogP contribution in [0.3, 0.4) is 0 Å². The van der Waals surface area contributed by atoms with Crippen LogP contribution in [0.1, 0.15) is 30.6 Å². The lowest BCUT2D eigenvalue weighted by molar-refractivity contribution is 0.0952. The molecule has 0 aliphatic rings. The van der Waals surface area contributed by atoms with Gasteiger partial charge in [0.1, 0.15) is 5.82 Å². The van der Waals surface area contributed by atoms with Crippen molar-refractivity contribution in [1.29, 1.82) is 0 Å². The van der Waals surface area contributed by atoms with Gasteiger partial charge in [0.15, 0.2) is 0 Å². The van der Waals surface area contributed by atoms with E-state index in [2.05, 4.69) is 23.9 Å². The molecule has 0 aromatic heterocycles. The maximum absolute atomic E-state index is 13.2. The zero-order chi connectivity index (χ0) is 19.3. The van der Waals surface area contributed by atoms with Crippen molar-refractivity contribution in [3.63, 3.8) is 0 Å². The Labute approximate surface area is 157 Å². The maximum Gasteiger partial charge on any atom is 0.261 e. The highest BCUT2D eigenvalue weighted by Crippen LogP contribution is 2.22. The molecule has 0 radical (unpaired) electrons. The molecule has 26 heavy (non-hydrogen) atoms. The van der Waals surface area contributed by atoms with Crippen LogP contribution in [0.4, 0.5) is 10.1 Å². The van der Waals surface area contributed by atoms with Gasteiger partial charge in [-0.15, -0.1) is 0 Å². The quantitative estimate of drug-likeness (QED) is 0.738. The summed E-state index contributed by atoms with van der Waals surface area (Å²) in [5.74, 6) is -0.420. The SMILES string of the molecule is CC(C)CCNC(=O)c1ccc(NS(=O)(=O)c2ccc(F)c(Cl)c2)cc1. The second-order valence-electron chi connectivity index (χ2n) is 6.20.